The van der Waals surface area contributed by atoms with Crippen molar-refractivity contribution in [2.75, 3.05) is 5.32 Å². The SMILES string of the molecule is O=C(NN=Cc1ccc(C(F)(F)F)cc1)Nc1cc(C(F)(F)F)cc(C(F)(F)F)c1. The highest BCUT2D eigenvalue weighted by Crippen LogP contribution is 2.37. The molecule has 0 radical (unpaired) electrons. The van der Waals surface area contributed by atoms with Crippen LogP contribution in [-0.2, 0) is 18.5 Å². The predicted molar refractivity (Wildman–Crippen MR) is 87.6 cm³/mol. The first-order chi connectivity index (χ1) is 13.7. The summed E-state index contributed by atoms with van der Waals surface area (Å²) in [6, 6.07) is 2.80. The van der Waals surface area contributed by atoms with E-state index in [0.29, 0.717) is 12.1 Å². The summed E-state index contributed by atoms with van der Waals surface area (Å²) in [6.07, 6.45) is -13.8. The Morgan fingerprint density at radius 2 is 1.20 bits per heavy atom. The number of urea groups is 1. The third kappa shape index (κ3) is 6.39. The zero-order valence-corrected chi connectivity index (χ0v) is 14.4. The van der Waals surface area contributed by atoms with Gasteiger partial charge in [-0.25, -0.2) is 10.2 Å². The summed E-state index contributed by atoms with van der Waals surface area (Å²) in [5, 5.41) is 5.13. The maximum absolute atomic E-state index is 12.8. The normalized spacial score (nSPS) is 12.8. The van der Waals surface area contributed by atoms with E-state index in [-0.39, 0.29) is 11.6 Å². The van der Waals surface area contributed by atoms with Crippen LogP contribution < -0.4 is 10.7 Å². The maximum atomic E-state index is 12.8. The summed E-state index contributed by atoms with van der Waals surface area (Å²) in [5.41, 5.74) is -3.05. The zero-order chi connectivity index (χ0) is 22.7. The fourth-order valence-corrected chi connectivity index (χ4v) is 2.11. The van der Waals surface area contributed by atoms with Gasteiger partial charge in [-0.3, -0.25) is 0 Å². The molecule has 2 amide bonds. The molecule has 0 aliphatic heterocycles. The van der Waals surface area contributed by atoms with E-state index >= 15 is 0 Å². The molecular formula is C17H10F9N3O. The van der Waals surface area contributed by atoms with Gasteiger partial charge in [0.2, 0.25) is 0 Å². The van der Waals surface area contributed by atoms with Gasteiger partial charge in [0, 0.05) is 5.69 Å². The van der Waals surface area contributed by atoms with Gasteiger partial charge in [-0.05, 0) is 35.9 Å². The molecule has 2 rings (SSSR count). The van der Waals surface area contributed by atoms with Crippen LogP contribution in [0.15, 0.2) is 47.6 Å². The molecule has 0 spiro atoms. The molecule has 0 unspecified atom stereocenters. The number of benzene rings is 2. The highest BCUT2D eigenvalue weighted by Gasteiger charge is 2.37. The Hall–Kier alpha value is -3.25. The molecule has 0 atom stereocenters. The highest BCUT2D eigenvalue weighted by atomic mass is 19.4. The number of carbonyl (C=O) groups excluding carboxylic acids is 1. The quantitative estimate of drug-likeness (QED) is 0.347. The average molecular weight is 443 g/mol. The second kappa shape index (κ2) is 8.24. The van der Waals surface area contributed by atoms with Crippen molar-refractivity contribution in [1.82, 2.24) is 5.43 Å². The van der Waals surface area contributed by atoms with Gasteiger partial charge in [0.25, 0.3) is 0 Å². The van der Waals surface area contributed by atoms with Crippen LogP contribution in [0.4, 0.5) is 50.0 Å². The minimum absolute atomic E-state index is 0.105. The predicted octanol–water partition coefficient (Wildman–Crippen LogP) is 5.90. The largest absolute Gasteiger partial charge is 0.416 e. The number of amides is 2. The van der Waals surface area contributed by atoms with E-state index in [0.717, 1.165) is 30.5 Å². The van der Waals surface area contributed by atoms with E-state index in [1.54, 1.807) is 10.7 Å². The van der Waals surface area contributed by atoms with Crippen molar-refractivity contribution in [3.63, 3.8) is 0 Å². The van der Waals surface area contributed by atoms with E-state index in [4.69, 9.17) is 0 Å². The lowest BCUT2D eigenvalue weighted by atomic mass is 10.1. The van der Waals surface area contributed by atoms with Crippen LogP contribution >= 0.6 is 0 Å². The van der Waals surface area contributed by atoms with Crippen LogP contribution in [0.25, 0.3) is 0 Å². The Bertz CT molecular complexity index is 897. The van der Waals surface area contributed by atoms with Gasteiger partial charge in [-0.2, -0.15) is 44.6 Å². The molecule has 0 fully saturated rings. The van der Waals surface area contributed by atoms with Crippen molar-refractivity contribution in [2.45, 2.75) is 18.5 Å². The molecule has 0 aliphatic rings. The Morgan fingerprint density at radius 1 is 0.733 bits per heavy atom. The fraction of sp³-hybridized carbons (Fsp3) is 0.176. The lowest BCUT2D eigenvalue weighted by Gasteiger charge is -2.14. The van der Waals surface area contributed by atoms with Gasteiger partial charge >= 0.3 is 24.6 Å². The monoisotopic (exact) mass is 443 g/mol. The molecule has 2 N–H and O–H groups in total. The molecule has 0 aliphatic carbocycles. The van der Waals surface area contributed by atoms with Crippen LogP contribution in [0.3, 0.4) is 0 Å². The average Bonchev–Trinajstić information content (AvgIpc) is 2.59. The number of hydrazone groups is 1. The summed E-state index contributed by atoms with van der Waals surface area (Å²) in [4.78, 5) is 11.7. The Morgan fingerprint density at radius 3 is 1.63 bits per heavy atom. The van der Waals surface area contributed by atoms with Crippen molar-refractivity contribution >= 4 is 17.9 Å². The summed E-state index contributed by atoms with van der Waals surface area (Å²) in [7, 11) is 0. The van der Waals surface area contributed by atoms with Gasteiger partial charge < -0.3 is 5.32 Å². The van der Waals surface area contributed by atoms with Gasteiger partial charge in [0.15, 0.2) is 0 Å². The second-order valence-corrected chi connectivity index (χ2v) is 5.74. The molecule has 162 valence electrons. The van der Waals surface area contributed by atoms with E-state index in [1.165, 1.54) is 0 Å². The summed E-state index contributed by atoms with van der Waals surface area (Å²) >= 11 is 0. The number of hydrogen-bond acceptors (Lipinski definition) is 2. The van der Waals surface area contributed by atoms with Gasteiger partial charge in [0.1, 0.15) is 0 Å². The molecule has 0 heterocycles. The number of hydrogen-bond donors (Lipinski definition) is 2. The van der Waals surface area contributed by atoms with Crippen LogP contribution in [0.1, 0.15) is 22.3 Å². The Labute approximate surface area is 162 Å². The van der Waals surface area contributed by atoms with Gasteiger partial charge in [0.05, 0.1) is 22.9 Å². The van der Waals surface area contributed by atoms with Crippen LogP contribution in [0.5, 0.6) is 0 Å². The Kier molecular flexibility index (Phi) is 6.33. The minimum atomic E-state index is -5.09. The first kappa shape index (κ1) is 23.0. The number of carbonyl (C=O) groups is 1. The second-order valence-electron chi connectivity index (χ2n) is 5.74. The van der Waals surface area contributed by atoms with Crippen LogP contribution in [0.2, 0.25) is 0 Å². The van der Waals surface area contributed by atoms with E-state index in [9.17, 15) is 44.3 Å². The molecule has 0 aromatic heterocycles. The molecule has 0 saturated carbocycles. The summed E-state index contributed by atoms with van der Waals surface area (Å²) in [5.74, 6) is 0. The van der Waals surface area contributed by atoms with Crippen molar-refractivity contribution in [2.24, 2.45) is 5.10 Å². The number of rotatable bonds is 3. The summed E-state index contributed by atoms with van der Waals surface area (Å²) < 4.78 is 114. The molecular weight excluding hydrogens is 433 g/mol. The smallest absolute Gasteiger partial charge is 0.306 e. The molecule has 2 aromatic rings. The maximum Gasteiger partial charge on any atom is 0.416 e. The van der Waals surface area contributed by atoms with E-state index in [2.05, 4.69) is 5.10 Å². The first-order valence-electron chi connectivity index (χ1n) is 7.73. The minimum Gasteiger partial charge on any atom is -0.306 e. The standard InChI is InChI=1S/C17H10F9N3O/c18-15(19,20)10-3-1-9(2-4-10)8-27-29-14(30)28-13-6-11(16(21,22)23)5-12(7-13)17(24,25)26/h1-8H,(H2,28,29,30). The lowest BCUT2D eigenvalue weighted by molar-refractivity contribution is -0.143. The number of halogens is 9. The lowest BCUT2D eigenvalue weighted by Crippen LogP contribution is -2.25. The number of alkyl halides is 9. The van der Waals surface area contributed by atoms with Crippen molar-refractivity contribution in [3.8, 4) is 0 Å². The van der Waals surface area contributed by atoms with Crippen molar-refractivity contribution < 1.29 is 44.3 Å². The molecule has 4 nitrogen and oxygen atoms in total. The topological polar surface area (TPSA) is 53.5 Å². The Balaban J connectivity index is 2.09. The summed E-state index contributed by atoms with van der Waals surface area (Å²) in [6.45, 7) is 0. The van der Waals surface area contributed by atoms with E-state index < -0.39 is 46.9 Å². The van der Waals surface area contributed by atoms with Gasteiger partial charge in [-0.1, -0.05) is 12.1 Å². The number of nitrogens with one attached hydrogen (secondary N) is 2. The molecule has 0 bridgehead atoms. The molecule has 13 heteroatoms. The van der Waals surface area contributed by atoms with Crippen LogP contribution in [-0.4, -0.2) is 12.2 Å². The third-order valence-electron chi connectivity index (χ3n) is 3.46. The van der Waals surface area contributed by atoms with Gasteiger partial charge in [-0.15, -0.1) is 0 Å². The zero-order valence-electron chi connectivity index (χ0n) is 14.4. The van der Waals surface area contributed by atoms with Crippen LogP contribution in [0, 0.1) is 0 Å². The molecule has 2 aromatic carbocycles. The third-order valence-corrected chi connectivity index (χ3v) is 3.46. The first-order valence-corrected chi connectivity index (χ1v) is 7.73. The van der Waals surface area contributed by atoms with Crippen molar-refractivity contribution in [1.29, 1.82) is 0 Å². The van der Waals surface area contributed by atoms with Crippen molar-refractivity contribution in [3.05, 3.63) is 64.7 Å². The fourth-order valence-electron chi connectivity index (χ4n) is 2.11. The van der Waals surface area contributed by atoms with E-state index in [1.807, 2.05) is 0 Å². The number of nitrogens with zero attached hydrogens (tertiary/aromatic N) is 1. The number of anilines is 1. The molecule has 30 heavy (non-hydrogen) atoms. The molecule has 0 saturated heterocycles. The highest BCUT2D eigenvalue weighted by molar-refractivity contribution is 5.90.